The number of ether oxygens (including phenoxy) is 1. The van der Waals surface area contributed by atoms with E-state index >= 15 is 0 Å². The molecule has 1 atom stereocenters. The predicted molar refractivity (Wildman–Crippen MR) is 132 cm³/mol. The number of anilines is 1. The summed E-state index contributed by atoms with van der Waals surface area (Å²) in [6.45, 7) is 8.45. The Kier molecular flexibility index (Phi) is 7.28. The van der Waals surface area contributed by atoms with Crippen molar-refractivity contribution in [2.24, 2.45) is 5.92 Å². The van der Waals surface area contributed by atoms with Crippen molar-refractivity contribution in [3.63, 3.8) is 0 Å². The van der Waals surface area contributed by atoms with Crippen molar-refractivity contribution in [3.8, 4) is 17.1 Å². The van der Waals surface area contributed by atoms with Crippen LogP contribution in [0, 0.1) is 5.92 Å². The second kappa shape index (κ2) is 10.3. The molecule has 0 fully saturated rings. The number of carbonyl (C=O) groups excluding carboxylic acids is 1. The van der Waals surface area contributed by atoms with Crippen LogP contribution in [0.1, 0.15) is 57.9 Å². The summed E-state index contributed by atoms with van der Waals surface area (Å²) in [6.07, 6.45) is 1.48. The minimum atomic E-state index is -0.642. The molecule has 1 aromatic heterocycles. The number of para-hydroxylation sites is 1. The number of aryl methyl sites for hydroxylation is 1. The lowest BCUT2D eigenvalue weighted by Gasteiger charge is -2.31. The average molecular weight is 463 g/mol. The molecule has 2 heterocycles. The molecule has 33 heavy (non-hydrogen) atoms. The summed E-state index contributed by atoms with van der Waals surface area (Å²) in [4.78, 5) is 19.9. The zero-order valence-corrected chi connectivity index (χ0v) is 20.4. The summed E-state index contributed by atoms with van der Waals surface area (Å²) < 4.78 is 6.50. The molecule has 4 rings (SSSR count). The maximum absolute atomic E-state index is 13.4. The quantitative estimate of drug-likeness (QED) is 0.397. The zero-order chi connectivity index (χ0) is 23.4. The summed E-state index contributed by atoms with van der Waals surface area (Å²) in [5, 5.41) is 9.42. The molecular weight excluding hydrogens is 432 g/mol. The number of thioether (sulfide) groups is 1. The summed E-state index contributed by atoms with van der Waals surface area (Å²) in [5.74, 6) is 1.80. The van der Waals surface area contributed by atoms with Crippen LogP contribution < -0.4 is 9.64 Å². The van der Waals surface area contributed by atoms with Crippen LogP contribution >= 0.6 is 11.8 Å². The van der Waals surface area contributed by atoms with Crippen molar-refractivity contribution in [2.45, 2.75) is 58.3 Å². The van der Waals surface area contributed by atoms with Gasteiger partial charge in [-0.3, -0.25) is 9.69 Å². The molecule has 0 spiro atoms. The molecule has 1 amide bonds. The smallest absolute Gasteiger partial charge is 0.247 e. The van der Waals surface area contributed by atoms with Gasteiger partial charge < -0.3 is 4.74 Å². The predicted octanol–water partition coefficient (Wildman–Crippen LogP) is 6.07. The molecule has 0 saturated heterocycles. The highest BCUT2D eigenvalue weighted by Gasteiger charge is 2.35. The summed E-state index contributed by atoms with van der Waals surface area (Å²) in [6, 6.07) is 16.0. The first-order chi connectivity index (χ1) is 16.0. The molecule has 7 heteroatoms. The molecule has 3 aromatic rings. The van der Waals surface area contributed by atoms with Gasteiger partial charge in [0.05, 0.1) is 5.69 Å². The Bertz CT molecular complexity index is 1120. The van der Waals surface area contributed by atoms with E-state index < -0.39 is 6.23 Å². The van der Waals surface area contributed by atoms with Gasteiger partial charge in [-0.05, 0) is 30.4 Å². The Morgan fingerprint density at radius 3 is 2.55 bits per heavy atom. The minimum absolute atomic E-state index is 0.00434. The molecular formula is C26H30N4O2S. The second-order valence-electron chi connectivity index (χ2n) is 8.55. The number of amides is 1. The molecule has 1 aliphatic heterocycles. The van der Waals surface area contributed by atoms with Crippen LogP contribution in [0.25, 0.3) is 11.3 Å². The SMILES string of the molecule is CCCC(=O)N1c2ccccc2-c2nnc(SCC(C)C)nc2O[C@@H]1c1ccc(CC)cc1. The van der Waals surface area contributed by atoms with Crippen molar-refractivity contribution >= 4 is 23.4 Å². The van der Waals surface area contributed by atoms with Gasteiger partial charge in [0.1, 0.15) is 0 Å². The van der Waals surface area contributed by atoms with Crippen molar-refractivity contribution < 1.29 is 9.53 Å². The van der Waals surface area contributed by atoms with Gasteiger partial charge in [-0.2, -0.15) is 4.98 Å². The number of hydrogen-bond donors (Lipinski definition) is 0. The highest BCUT2D eigenvalue weighted by Crippen LogP contribution is 2.43. The molecule has 0 unspecified atom stereocenters. The fraction of sp³-hybridized carbons (Fsp3) is 0.385. The largest absolute Gasteiger partial charge is 0.447 e. The number of aromatic nitrogens is 3. The molecule has 0 saturated carbocycles. The number of carbonyl (C=O) groups is 1. The monoisotopic (exact) mass is 462 g/mol. The first-order valence-electron chi connectivity index (χ1n) is 11.6. The molecule has 0 radical (unpaired) electrons. The van der Waals surface area contributed by atoms with Crippen LogP contribution in [-0.2, 0) is 11.2 Å². The first-order valence-corrected chi connectivity index (χ1v) is 12.5. The van der Waals surface area contributed by atoms with Gasteiger partial charge in [0.15, 0.2) is 5.69 Å². The molecule has 2 aromatic carbocycles. The number of fused-ring (bicyclic) bond motifs is 3. The molecule has 172 valence electrons. The third-order valence-corrected chi connectivity index (χ3v) is 6.73. The third-order valence-electron chi connectivity index (χ3n) is 5.46. The number of rotatable bonds is 7. The fourth-order valence-corrected chi connectivity index (χ4v) is 4.48. The van der Waals surface area contributed by atoms with Crippen molar-refractivity contribution in [1.29, 1.82) is 0 Å². The van der Waals surface area contributed by atoms with E-state index in [1.165, 1.54) is 5.56 Å². The Labute approximate surface area is 199 Å². The van der Waals surface area contributed by atoms with Crippen molar-refractivity contribution in [1.82, 2.24) is 15.2 Å². The maximum Gasteiger partial charge on any atom is 0.247 e. The number of benzene rings is 2. The fourth-order valence-electron chi connectivity index (χ4n) is 3.75. The zero-order valence-electron chi connectivity index (χ0n) is 19.6. The van der Waals surface area contributed by atoms with E-state index in [1.54, 1.807) is 16.7 Å². The molecule has 0 aliphatic carbocycles. The van der Waals surface area contributed by atoms with Crippen LogP contribution in [0.4, 0.5) is 5.69 Å². The Balaban J connectivity index is 1.86. The van der Waals surface area contributed by atoms with Gasteiger partial charge in [-0.25, -0.2) is 0 Å². The van der Waals surface area contributed by atoms with E-state index in [4.69, 9.17) is 9.72 Å². The van der Waals surface area contributed by atoms with E-state index in [9.17, 15) is 4.79 Å². The van der Waals surface area contributed by atoms with Crippen molar-refractivity contribution in [2.75, 3.05) is 10.7 Å². The van der Waals surface area contributed by atoms with Crippen molar-refractivity contribution in [3.05, 3.63) is 59.7 Å². The summed E-state index contributed by atoms with van der Waals surface area (Å²) in [5.41, 5.74) is 4.25. The summed E-state index contributed by atoms with van der Waals surface area (Å²) >= 11 is 1.56. The van der Waals surface area contributed by atoms with Gasteiger partial charge in [0.25, 0.3) is 0 Å². The van der Waals surface area contributed by atoms with Crippen LogP contribution in [0.2, 0.25) is 0 Å². The summed E-state index contributed by atoms with van der Waals surface area (Å²) in [7, 11) is 0. The first kappa shape index (κ1) is 23.2. The average Bonchev–Trinajstić information content (AvgIpc) is 2.97. The Hall–Kier alpha value is -2.93. The highest BCUT2D eigenvalue weighted by atomic mass is 32.2. The van der Waals surface area contributed by atoms with Gasteiger partial charge in [-0.15, -0.1) is 10.2 Å². The van der Waals surface area contributed by atoms with Crippen LogP contribution in [0.15, 0.2) is 53.7 Å². The maximum atomic E-state index is 13.4. The third kappa shape index (κ3) is 5.03. The number of hydrogen-bond acceptors (Lipinski definition) is 6. The van der Waals surface area contributed by atoms with Gasteiger partial charge in [0.2, 0.25) is 23.2 Å². The molecule has 6 nitrogen and oxygen atoms in total. The van der Waals surface area contributed by atoms with Crippen LogP contribution in [-0.4, -0.2) is 26.8 Å². The van der Waals surface area contributed by atoms with Gasteiger partial charge in [0, 0.05) is 23.3 Å². The van der Waals surface area contributed by atoms with E-state index in [0.29, 0.717) is 29.1 Å². The van der Waals surface area contributed by atoms with Crippen LogP contribution in [0.5, 0.6) is 5.88 Å². The Morgan fingerprint density at radius 2 is 1.85 bits per heavy atom. The van der Waals surface area contributed by atoms with Crippen LogP contribution in [0.3, 0.4) is 0 Å². The lowest BCUT2D eigenvalue weighted by Crippen LogP contribution is -2.37. The van der Waals surface area contributed by atoms with E-state index in [1.807, 2.05) is 43.3 Å². The van der Waals surface area contributed by atoms with E-state index in [0.717, 1.165) is 35.4 Å². The second-order valence-corrected chi connectivity index (χ2v) is 9.54. The topological polar surface area (TPSA) is 68.2 Å². The van der Waals surface area contributed by atoms with E-state index in [2.05, 4.69) is 43.1 Å². The molecule has 0 bridgehead atoms. The minimum Gasteiger partial charge on any atom is -0.447 e. The normalized spacial score (nSPS) is 14.9. The molecule has 1 aliphatic rings. The Morgan fingerprint density at radius 1 is 1.09 bits per heavy atom. The highest BCUT2D eigenvalue weighted by molar-refractivity contribution is 7.99. The lowest BCUT2D eigenvalue weighted by molar-refractivity contribution is -0.120. The molecule has 0 N–H and O–H groups in total. The lowest BCUT2D eigenvalue weighted by atomic mass is 10.1. The van der Waals surface area contributed by atoms with Gasteiger partial charge >= 0.3 is 0 Å². The van der Waals surface area contributed by atoms with Gasteiger partial charge in [-0.1, -0.05) is 81.9 Å². The number of nitrogens with zero attached hydrogens (tertiary/aromatic N) is 4. The standard InChI is InChI=1S/C26H30N4O2S/c1-5-9-22(31)30-21-11-8-7-10-20(21)23-24(27-26(29-28-23)33-16-17(3)4)32-25(30)19-14-12-18(6-2)13-15-19/h7-8,10-15,17,25H,5-6,9,16H2,1-4H3/t25-/m1/s1. The van der Waals surface area contributed by atoms with E-state index in [-0.39, 0.29) is 5.91 Å².